The zero-order valence-corrected chi connectivity index (χ0v) is 18.6. The maximum atomic E-state index is 13.6. The molecule has 1 aliphatic heterocycles. The van der Waals surface area contributed by atoms with E-state index in [-0.39, 0.29) is 11.2 Å². The van der Waals surface area contributed by atoms with Crippen LogP contribution in [0.5, 0.6) is 5.75 Å². The lowest BCUT2D eigenvalue weighted by Gasteiger charge is -2.26. The molecule has 4 aromatic rings. The smallest absolute Gasteiger partial charge is 0.295 e. The van der Waals surface area contributed by atoms with Gasteiger partial charge in [-0.3, -0.25) is 14.5 Å². The lowest BCUT2D eigenvalue weighted by Crippen LogP contribution is -2.29. The molecule has 0 spiro atoms. The van der Waals surface area contributed by atoms with Crippen LogP contribution in [0.1, 0.15) is 33.3 Å². The molecule has 5 nitrogen and oxygen atoms in total. The Hall–Kier alpha value is -3.83. The number of amides is 1. The molecule has 1 aliphatic rings. The van der Waals surface area contributed by atoms with Crippen LogP contribution in [0.2, 0.25) is 5.02 Å². The topological polar surface area (TPSA) is 59.8 Å². The maximum Gasteiger partial charge on any atom is 0.295 e. The number of benzene rings is 3. The summed E-state index contributed by atoms with van der Waals surface area (Å²) in [7, 11) is 0. The van der Waals surface area contributed by atoms with E-state index in [1.165, 1.54) is 0 Å². The molecule has 3 aromatic carbocycles. The first kappa shape index (κ1) is 21.0. The number of carbonyl (C=O) groups is 1. The third-order valence-electron chi connectivity index (χ3n) is 5.75. The fourth-order valence-electron chi connectivity index (χ4n) is 4.16. The number of carbonyl (C=O) groups excluding carboxylic acids is 1. The number of ether oxygens (including phenoxy) is 1. The minimum absolute atomic E-state index is 0.0396. The van der Waals surface area contributed by atoms with Crippen LogP contribution in [-0.2, 0) is 0 Å². The van der Waals surface area contributed by atoms with Gasteiger partial charge >= 0.3 is 0 Å². The molecule has 164 valence electrons. The Bertz CT molecular complexity index is 1470. The van der Waals surface area contributed by atoms with Gasteiger partial charge < -0.3 is 9.15 Å². The van der Waals surface area contributed by atoms with Gasteiger partial charge in [0.2, 0.25) is 5.76 Å². The van der Waals surface area contributed by atoms with Crippen LogP contribution < -0.4 is 15.1 Å². The summed E-state index contributed by atoms with van der Waals surface area (Å²) in [5.41, 5.74) is 2.64. The molecule has 1 unspecified atom stereocenters. The van der Waals surface area contributed by atoms with Crippen molar-refractivity contribution in [3.8, 4) is 5.75 Å². The number of aryl methyl sites for hydroxylation is 1. The van der Waals surface area contributed by atoms with Crippen molar-refractivity contribution in [2.45, 2.75) is 13.0 Å². The molecule has 0 fully saturated rings. The van der Waals surface area contributed by atoms with Crippen molar-refractivity contribution in [3.05, 3.63) is 117 Å². The summed E-state index contributed by atoms with van der Waals surface area (Å²) in [5.74, 6) is 0.258. The maximum absolute atomic E-state index is 13.6. The first-order valence-electron chi connectivity index (χ1n) is 10.5. The van der Waals surface area contributed by atoms with E-state index in [0.717, 1.165) is 11.1 Å². The first-order valence-corrected chi connectivity index (χ1v) is 10.9. The van der Waals surface area contributed by atoms with E-state index in [4.69, 9.17) is 20.8 Å². The Morgan fingerprint density at radius 3 is 2.70 bits per heavy atom. The molecule has 1 aromatic heterocycles. The molecule has 1 amide bonds. The highest BCUT2D eigenvalue weighted by Gasteiger charge is 2.43. The van der Waals surface area contributed by atoms with Gasteiger partial charge in [-0.25, -0.2) is 0 Å². The van der Waals surface area contributed by atoms with Gasteiger partial charge in [-0.1, -0.05) is 54.6 Å². The van der Waals surface area contributed by atoms with Crippen molar-refractivity contribution in [1.82, 2.24) is 0 Å². The zero-order valence-electron chi connectivity index (χ0n) is 17.9. The predicted molar refractivity (Wildman–Crippen MR) is 129 cm³/mol. The molecule has 33 heavy (non-hydrogen) atoms. The highest BCUT2D eigenvalue weighted by atomic mass is 35.5. The summed E-state index contributed by atoms with van der Waals surface area (Å²) in [6.45, 7) is 5.91. The zero-order chi connectivity index (χ0) is 23.1. The van der Waals surface area contributed by atoms with E-state index in [9.17, 15) is 9.59 Å². The molecule has 5 rings (SSSR count). The fourth-order valence-corrected chi connectivity index (χ4v) is 4.34. The van der Waals surface area contributed by atoms with Gasteiger partial charge in [0.15, 0.2) is 5.43 Å². The number of para-hydroxylation sites is 1. The Balaban J connectivity index is 1.76. The highest BCUT2D eigenvalue weighted by molar-refractivity contribution is 6.31. The second-order valence-corrected chi connectivity index (χ2v) is 8.26. The highest BCUT2D eigenvalue weighted by Crippen LogP contribution is 2.42. The van der Waals surface area contributed by atoms with Gasteiger partial charge in [-0.15, -0.1) is 0 Å². The molecular formula is C27H20ClNO4. The van der Waals surface area contributed by atoms with Gasteiger partial charge in [0.25, 0.3) is 5.91 Å². The molecule has 0 bridgehead atoms. The quantitative estimate of drug-likeness (QED) is 0.341. The molecular weight excluding hydrogens is 438 g/mol. The Morgan fingerprint density at radius 2 is 1.91 bits per heavy atom. The summed E-state index contributed by atoms with van der Waals surface area (Å²) >= 11 is 6.39. The van der Waals surface area contributed by atoms with Gasteiger partial charge in [0.1, 0.15) is 17.9 Å². The number of anilines is 1. The van der Waals surface area contributed by atoms with E-state index in [0.29, 0.717) is 39.6 Å². The van der Waals surface area contributed by atoms with Crippen molar-refractivity contribution in [3.63, 3.8) is 0 Å². The number of hydrogen-bond acceptors (Lipinski definition) is 4. The van der Waals surface area contributed by atoms with Crippen molar-refractivity contribution >= 4 is 34.2 Å². The van der Waals surface area contributed by atoms with Gasteiger partial charge in [-0.05, 0) is 54.4 Å². The van der Waals surface area contributed by atoms with Crippen LogP contribution in [0.15, 0.2) is 88.6 Å². The lowest BCUT2D eigenvalue weighted by atomic mass is 9.98. The number of fused-ring (bicyclic) bond motifs is 2. The van der Waals surface area contributed by atoms with Gasteiger partial charge in [0, 0.05) is 10.7 Å². The molecule has 1 atom stereocenters. The Labute approximate surface area is 195 Å². The van der Waals surface area contributed by atoms with Crippen LogP contribution >= 0.6 is 11.6 Å². The van der Waals surface area contributed by atoms with E-state index in [1.54, 1.807) is 41.3 Å². The summed E-state index contributed by atoms with van der Waals surface area (Å²) in [4.78, 5) is 28.8. The largest absolute Gasteiger partial charge is 0.490 e. The van der Waals surface area contributed by atoms with Crippen LogP contribution in [0, 0.1) is 6.92 Å². The molecule has 0 aliphatic carbocycles. The predicted octanol–water partition coefficient (Wildman–Crippen LogP) is 6.07. The van der Waals surface area contributed by atoms with E-state index in [2.05, 4.69) is 6.58 Å². The summed E-state index contributed by atoms with van der Waals surface area (Å²) in [5, 5.41) is 0.958. The standard InChI is InChI=1S/C27H20ClNO4/c1-3-13-32-19-8-6-7-17(14-19)24-23-25(30)20-9-4-5-10-22(20)33-26(23)27(31)29(24)18-12-11-16(2)21(28)15-18/h3-12,14-15,24H,1,13H2,2H3. The Kier molecular flexibility index (Phi) is 5.27. The van der Waals surface area contributed by atoms with E-state index >= 15 is 0 Å². The molecule has 0 radical (unpaired) electrons. The third kappa shape index (κ3) is 3.51. The second kappa shape index (κ2) is 8.26. The van der Waals surface area contributed by atoms with Crippen molar-refractivity contribution in [1.29, 1.82) is 0 Å². The summed E-state index contributed by atoms with van der Waals surface area (Å²) < 4.78 is 11.7. The van der Waals surface area contributed by atoms with Gasteiger partial charge in [-0.2, -0.15) is 0 Å². The average Bonchev–Trinajstić information content (AvgIpc) is 3.12. The molecule has 2 heterocycles. The van der Waals surface area contributed by atoms with Crippen LogP contribution in [0.4, 0.5) is 5.69 Å². The summed E-state index contributed by atoms with van der Waals surface area (Å²) in [6.07, 6.45) is 1.66. The van der Waals surface area contributed by atoms with Gasteiger partial charge in [0.05, 0.1) is 17.0 Å². The number of hydrogen-bond donors (Lipinski definition) is 0. The van der Waals surface area contributed by atoms with E-state index < -0.39 is 11.9 Å². The van der Waals surface area contributed by atoms with Crippen molar-refractivity contribution in [2.24, 2.45) is 0 Å². The van der Waals surface area contributed by atoms with E-state index in [1.807, 2.05) is 43.3 Å². The van der Waals surface area contributed by atoms with Crippen LogP contribution in [0.3, 0.4) is 0 Å². The monoisotopic (exact) mass is 457 g/mol. The fraction of sp³-hybridized carbons (Fsp3) is 0.111. The number of rotatable bonds is 5. The van der Waals surface area contributed by atoms with Crippen molar-refractivity contribution < 1.29 is 13.9 Å². The van der Waals surface area contributed by atoms with Crippen LogP contribution in [0.25, 0.3) is 11.0 Å². The summed E-state index contributed by atoms with van der Waals surface area (Å²) in [6, 6.07) is 19.0. The molecule has 0 saturated heterocycles. The second-order valence-electron chi connectivity index (χ2n) is 7.85. The average molecular weight is 458 g/mol. The molecule has 6 heteroatoms. The van der Waals surface area contributed by atoms with Crippen LogP contribution in [-0.4, -0.2) is 12.5 Å². The first-order chi connectivity index (χ1) is 16.0. The minimum atomic E-state index is -0.695. The molecule has 0 saturated carbocycles. The number of halogens is 1. The minimum Gasteiger partial charge on any atom is -0.490 e. The SMILES string of the molecule is C=CCOc1cccc(C2c3c(oc4ccccc4c3=O)C(=O)N2c2ccc(C)c(Cl)c2)c1. The number of nitrogens with zero attached hydrogens (tertiary/aromatic N) is 1. The normalized spacial score (nSPS) is 15.0. The molecule has 0 N–H and O–H groups in total. The lowest BCUT2D eigenvalue weighted by molar-refractivity contribution is 0.0971. The van der Waals surface area contributed by atoms with Crippen molar-refractivity contribution in [2.75, 3.05) is 11.5 Å². The Morgan fingerprint density at radius 1 is 1.09 bits per heavy atom. The third-order valence-corrected chi connectivity index (χ3v) is 6.16.